The Bertz CT molecular complexity index is 600. The van der Waals surface area contributed by atoms with Gasteiger partial charge < -0.3 is 10.5 Å². The van der Waals surface area contributed by atoms with Crippen LogP contribution in [0.4, 0.5) is 13.2 Å². The van der Waals surface area contributed by atoms with E-state index in [-0.39, 0.29) is 5.75 Å². The Hall–Kier alpha value is -1.67. The van der Waals surface area contributed by atoms with Crippen molar-refractivity contribution < 1.29 is 17.9 Å². The molecule has 4 nitrogen and oxygen atoms in total. The van der Waals surface area contributed by atoms with Gasteiger partial charge in [-0.3, -0.25) is 0 Å². The molecule has 114 valence electrons. The van der Waals surface area contributed by atoms with Gasteiger partial charge >= 0.3 is 6.36 Å². The van der Waals surface area contributed by atoms with Gasteiger partial charge in [-0.2, -0.15) is 0 Å². The van der Waals surface area contributed by atoms with Crippen LogP contribution in [-0.2, 0) is 6.42 Å². The van der Waals surface area contributed by atoms with Crippen LogP contribution in [0, 0.1) is 0 Å². The molecule has 8 heteroatoms. The van der Waals surface area contributed by atoms with Crippen molar-refractivity contribution in [1.82, 2.24) is 9.59 Å². The average molecular weight is 317 g/mol. The Labute approximate surface area is 123 Å². The first-order chi connectivity index (χ1) is 9.90. The van der Waals surface area contributed by atoms with E-state index in [1.54, 1.807) is 6.07 Å². The van der Waals surface area contributed by atoms with E-state index in [0.29, 0.717) is 5.56 Å². The number of nitrogens with zero attached hydrogens (tertiary/aromatic N) is 2. The maximum Gasteiger partial charge on any atom is 0.573 e. The Morgan fingerprint density at radius 2 is 2.14 bits per heavy atom. The van der Waals surface area contributed by atoms with Crippen LogP contribution in [-0.4, -0.2) is 15.9 Å². The minimum absolute atomic E-state index is 0.287. The highest BCUT2D eigenvalue weighted by Gasteiger charge is 2.31. The number of alkyl halides is 3. The Morgan fingerprint density at radius 3 is 2.81 bits per heavy atom. The van der Waals surface area contributed by atoms with Crippen LogP contribution in [0.15, 0.2) is 24.3 Å². The van der Waals surface area contributed by atoms with Crippen molar-refractivity contribution in [3.05, 3.63) is 40.4 Å². The van der Waals surface area contributed by atoms with Crippen LogP contribution in [0.3, 0.4) is 0 Å². The number of aryl methyl sites for hydroxylation is 1. The van der Waals surface area contributed by atoms with Gasteiger partial charge in [0.05, 0.1) is 16.6 Å². The summed E-state index contributed by atoms with van der Waals surface area (Å²) in [6.07, 6.45) is -3.09. The minimum Gasteiger partial charge on any atom is -0.406 e. The molecule has 1 aromatic carbocycles. The van der Waals surface area contributed by atoms with Gasteiger partial charge in [0.25, 0.3) is 0 Å². The van der Waals surface area contributed by atoms with Gasteiger partial charge in [-0.1, -0.05) is 30.0 Å². The molecule has 0 radical (unpaired) electrons. The maximum atomic E-state index is 12.2. The second-order valence-electron chi connectivity index (χ2n) is 4.43. The lowest BCUT2D eigenvalue weighted by atomic mass is 10.0. The van der Waals surface area contributed by atoms with Crippen LogP contribution in [0.2, 0.25) is 0 Å². The number of hydrogen-bond donors (Lipinski definition) is 1. The molecule has 21 heavy (non-hydrogen) atoms. The zero-order valence-corrected chi connectivity index (χ0v) is 12.0. The van der Waals surface area contributed by atoms with Crippen molar-refractivity contribution in [2.75, 3.05) is 0 Å². The van der Waals surface area contributed by atoms with Crippen molar-refractivity contribution in [2.24, 2.45) is 5.73 Å². The predicted octanol–water partition coefficient (Wildman–Crippen LogP) is 3.44. The van der Waals surface area contributed by atoms with Crippen LogP contribution in [0.1, 0.15) is 35.5 Å². The van der Waals surface area contributed by atoms with E-state index in [1.165, 1.54) is 18.2 Å². The van der Waals surface area contributed by atoms with Gasteiger partial charge in [0.2, 0.25) is 0 Å². The van der Waals surface area contributed by atoms with E-state index in [9.17, 15) is 13.2 Å². The van der Waals surface area contributed by atoms with Gasteiger partial charge in [-0.05, 0) is 35.6 Å². The number of ether oxygens (including phenoxy) is 1. The second-order valence-corrected chi connectivity index (χ2v) is 5.22. The summed E-state index contributed by atoms with van der Waals surface area (Å²) < 4.78 is 44.5. The molecule has 0 saturated carbocycles. The van der Waals surface area contributed by atoms with E-state index in [1.807, 2.05) is 6.92 Å². The topological polar surface area (TPSA) is 61.0 Å². The number of hydrogen-bond acceptors (Lipinski definition) is 5. The zero-order chi connectivity index (χ0) is 15.5. The largest absolute Gasteiger partial charge is 0.573 e. The zero-order valence-electron chi connectivity index (χ0n) is 11.2. The Morgan fingerprint density at radius 1 is 1.38 bits per heavy atom. The summed E-state index contributed by atoms with van der Waals surface area (Å²) in [6.45, 7) is 2.01. The molecule has 1 unspecified atom stereocenters. The highest BCUT2D eigenvalue weighted by Crippen LogP contribution is 2.29. The molecular weight excluding hydrogens is 303 g/mol. The monoisotopic (exact) mass is 317 g/mol. The molecule has 0 aliphatic heterocycles. The van der Waals surface area contributed by atoms with E-state index in [2.05, 4.69) is 14.3 Å². The molecule has 0 aliphatic carbocycles. The third-order valence-corrected chi connectivity index (χ3v) is 3.65. The summed E-state index contributed by atoms with van der Waals surface area (Å²) in [5.41, 5.74) is 7.44. The second kappa shape index (κ2) is 6.40. The summed E-state index contributed by atoms with van der Waals surface area (Å²) in [4.78, 5) is 0.765. The highest BCUT2D eigenvalue weighted by molar-refractivity contribution is 7.05. The molecule has 1 aromatic heterocycles. The number of rotatable bonds is 5. The summed E-state index contributed by atoms with van der Waals surface area (Å²) in [6, 6.07) is 5.09. The van der Waals surface area contributed by atoms with Crippen LogP contribution in [0.25, 0.3) is 0 Å². The van der Waals surface area contributed by atoms with Crippen LogP contribution >= 0.6 is 11.5 Å². The van der Waals surface area contributed by atoms with Gasteiger partial charge in [0.1, 0.15) is 5.75 Å². The smallest absolute Gasteiger partial charge is 0.406 e. The Kier molecular flexibility index (Phi) is 4.79. The summed E-state index contributed by atoms with van der Waals surface area (Å²) in [5.74, 6) is -0.287. The number of halogens is 3. The predicted molar refractivity (Wildman–Crippen MR) is 73.1 cm³/mol. The lowest BCUT2D eigenvalue weighted by molar-refractivity contribution is -0.274. The standard InChI is InChI=1S/C13H14F3N3OS/c1-2-4-10-12(21-19-18-10)11(17)8-5-3-6-9(7-8)20-13(14,15)16/h3,5-7,11H,2,4,17H2,1H3. The first-order valence-electron chi connectivity index (χ1n) is 6.33. The van der Waals surface area contributed by atoms with E-state index < -0.39 is 12.4 Å². The van der Waals surface area contributed by atoms with Crippen molar-refractivity contribution in [1.29, 1.82) is 0 Å². The van der Waals surface area contributed by atoms with Gasteiger partial charge in [0.15, 0.2) is 0 Å². The highest BCUT2D eigenvalue weighted by atomic mass is 32.1. The third kappa shape index (κ3) is 4.15. The lowest BCUT2D eigenvalue weighted by Crippen LogP contribution is -2.18. The molecule has 0 amide bonds. The number of nitrogens with two attached hydrogens (primary N) is 1. The van der Waals surface area contributed by atoms with Crippen molar-refractivity contribution in [3.8, 4) is 5.75 Å². The van der Waals surface area contributed by atoms with Crippen LogP contribution in [0.5, 0.6) is 5.75 Å². The third-order valence-electron chi connectivity index (χ3n) is 2.81. The minimum atomic E-state index is -4.72. The van der Waals surface area contributed by atoms with Gasteiger partial charge in [-0.15, -0.1) is 18.3 Å². The van der Waals surface area contributed by atoms with Gasteiger partial charge in [-0.25, -0.2) is 0 Å². The number of benzene rings is 1. The summed E-state index contributed by atoms with van der Waals surface area (Å²) in [5, 5.41) is 4.01. The number of aromatic nitrogens is 2. The summed E-state index contributed by atoms with van der Waals surface area (Å²) in [7, 11) is 0. The van der Waals surface area contributed by atoms with E-state index >= 15 is 0 Å². The molecule has 0 spiro atoms. The average Bonchev–Trinajstić information content (AvgIpc) is 2.85. The molecular formula is C13H14F3N3OS. The first kappa shape index (κ1) is 15.7. The van der Waals surface area contributed by atoms with E-state index in [4.69, 9.17) is 5.73 Å². The molecule has 2 aromatic rings. The fourth-order valence-corrected chi connectivity index (χ4v) is 2.64. The van der Waals surface area contributed by atoms with E-state index in [0.717, 1.165) is 34.9 Å². The molecule has 0 fully saturated rings. The first-order valence-corrected chi connectivity index (χ1v) is 7.10. The van der Waals surface area contributed by atoms with Gasteiger partial charge in [0, 0.05) is 0 Å². The fraction of sp³-hybridized carbons (Fsp3) is 0.385. The Balaban J connectivity index is 2.24. The molecule has 0 saturated heterocycles. The molecule has 0 bridgehead atoms. The normalized spacial score (nSPS) is 13.2. The maximum absolute atomic E-state index is 12.2. The van der Waals surface area contributed by atoms with Crippen molar-refractivity contribution in [3.63, 3.8) is 0 Å². The SMILES string of the molecule is CCCc1nnsc1C(N)c1cccc(OC(F)(F)F)c1. The molecule has 0 aliphatic rings. The quantitative estimate of drug-likeness (QED) is 0.917. The fourth-order valence-electron chi connectivity index (χ4n) is 1.92. The lowest BCUT2D eigenvalue weighted by Gasteiger charge is -2.14. The molecule has 2 rings (SSSR count). The van der Waals surface area contributed by atoms with Crippen molar-refractivity contribution >= 4 is 11.5 Å². The molecule has 2 N–H and O–H groups in total. The molecule has 1 atom stereocenters. The summed E-state index contributed by atoms with van der Waals surface area (Å²) >= 11 is 1.16. The molecule has 1 heterocycles. The van der Waals surface area contributed by atoms with Crippen LogP contribution < -0.4 is 10.5 Å². The van der Waals surface area contributed by atoms with Crippen molar-refractivity contribution in [2.45, 2.75) is 32.2 Å².